The molecular weight excluding hydrogens is 808 g/mol. The summed E-state index contributed by atoms with van der Waals surface area (Å²) in [4.78, 5) is 109. The van der Waals surface area contributed by atoms with E-state index in [9.17, 15) is 57.0 Å². The van der Waals surface area contributed by atoms with Crippen LogP contribution in [0.25, 0.3) is 22.3 Å². The van der Waals surface area contributed by atoms with Crippen LogP contribution in [0.1, 0.15) is 12.5 Å². The summed E-state index contributed by atoms with van der Waals surface area (Å²) in [5.74, 6) is -0.140. The summed E-state index contributed by atoms with van der Waals surface area (Å²) in [6.45, 7) is -2.52. The van der Waals surface area contributed by atoms with Crippen molar-refractivity contribution >= 4 is 90.4 Å². The molecule has 33 heteroatoms. The number of hydrogen-bond donors (Lipinski definition) is 6. The molecule has 0 fully saturated rings. The average Bonchev–Trinajstić information content (AvgIpc) is 3.70. The lowest BCUT2D eigenvalue weighted by atomic mass is 10.4. The molecule has 288 valence electrons. The Balaban J connectivity index is 1.31. The van der Waals surface area contributed by atoms with Gasteiger partial charge in [0.15, 0.2) is 60.5 Å². The number of hydrogen-bond acceptors (Lipinski definition) is 23. The lowest BCUT2D eigenvalue weighted by Gasteiger charge is -2.22. The molecule has 0 spiro atoms. The number of nitrogens with two attached hydrogens (primary N) is 2. The Labute approximate surface area is 292 Å². The van der Waals surface area contributed by atoms with Crippen molar-refractivity contribution in [1.82, 2.24) is 39.0 Å². The van der Waals surface area contributed by atoms with Gasteiger partial charge in [-0.05, 0) is 0 Å². The Hall–Kier alpha value is -4.14. The smallest absolute Gasteiger partial charge is 0.382 e. The first-order valence-corrected chi connectivity index (χ1v) is 19.5. The highest BCUT2D eigenvalue weighted by Crippen LogP contribution is 2.71. The van der Waals surface area contributed by atoms with Crippen molar-refractivity contribution in [3.05, 3.63) is 25.3 Å². The zero-order chi connectivity index (χ0) is 39.2. The number of imidazole rings is 2. The van der Waals surface area contributed by atoms with Gasteiger partial charge < -0.3 is 50.1 Å². The topological polar surface area (TPSA) is 421 Å². The summed E-state index contributed by atoms with van der Waals surface area (Å²) in [6, 6.07) is 0. The second-order valence-electron chi connectivity index (χ2n) is 9.55. The number of rotatable bonds is 22. The molecular formula is C20H24N10O19P4. The number of aromatic nitrogens is 8. The van der Waals surface area contributed by atoms with Gasteiger partial charge in [-0.25, -0.2) is 48.2 Å². The van der Waals surface area contributed by atoms with Crippen molar-refractivity contribution in [2.75, 3.05) is 24.7 Å². The molecule has 0 radical (unpaired) electrons. The van der Waals surface area contributed by atoms with E-state index in [1.165, 1.54) is 0 Å². The quantitative estimate of drug-likeness (QED) is 0.0403. The van der Waals surface area contributed by atoms with E-state index in [-0.39, 0.29) is 59.1 Å². The van der Waals surface area contributed by atoms with Crippen LogP contribution < -0.4 is 11.5 Å². The van der Waals surface area contributed by atoms with Crippen molar-refractivity contribution in [3.8, 4) is 0 Å². The molecule has 29 nitrogen and oxygen atoms in total. The number of carbonyl (C=O) groups is 4. The maximum Gasteiger partial charge on any atom is 0.490 e. The Morgan fingerprint density at radius 2 is 0.943 bits per heavy atom. The van der Waals surface area contributed by atoms with Crippen molar-refractivity contribution in [3.63, 3.8) is 0 Å². The Kier molecular flexibility index (Phi) is 13.3. The van der Waals surface area contributed by atoms with Gasteiger partial charge in [0, 0.05) is 0 Å². The third-order valence-electron chi connectivity index (χ3n) is 5.91. The molecule has 53 heavy (non-hydrogen) atoms. The molecule has 0 aliphatic carbocycles. The van der Waals surface area contributed by atoms with E-state index in [0.29, 0.717) is 0 Å². The van der Waals surface area contributed by atoms with Gasteiger partial charge in [0.25, 0.3) is 0 Å². The molecule has 0 aliphatic rings. The highest BCUT2D eigenvalue weighted by atomic mass is 31.3. The number of ether oxygens (including phenoxy) is 2. The van der Waals surface area contributed by atoms with Crippen molar-refractivity contribution < 1.29 is 88.5 Å². The Morgan fingerprint density at radius 3 is 1.28 bits per heavy atom. The highest BCUT2D eigenvalue weighted by Gasteiger charge is 2.46. The van der Waals surface area contributed by atoms with Gasteiger partial charge in [0.05, 0.1) is 25.9 Å². The van der Waals surface area contributed by atoms with E-state index in [2.05, 4.69) is 51.9 Å². The predicted octanol–water partition coefficient (Wildman–Crippen LogP) is -1.12. The molecule has 4 unspecified atom stereocenters. The Morgan fingerprint density at radius 1 is 0.585 bits per heavy atom. The summed E-state index contributed by atoms with van der Waals surface area (Å²) < 4.78 is 81.6. The van der Waals surface area contributed by atoms with Crippen LogP contribution in [0.4, 0.5) is 11.6 Å². The van der Waals surface area contributed by atoms with Crippen LogP contribution in [0.2, 0.25) is 0 Å². The molecule has 4 aromatic rings. The normalized spacial score (nSPS) is 18.8. The van der Waals surface area contributed by atoms with Gasteiger partial charge in [-0.2, -0.15) is 12.9 Å². The minimum atomic E-state index is -6.25. The zero-order valence-electron chi connectivity index (χ0n) is 25.8. The monoisotopic (exact) mass is 832 g/mol. The number of phosphoric acid groups is 4. The Bertz CT molecular complexity index is 2030. The van der Waals surface area contributed by atoms with Crippen LogP contribution in [0.3, 0.4) is 0 Å². The summed E-state index contributed by atoms with van der Waals surface area (Å²) >= 11 is 0. The summed E-state index contributed by atoms with van der Waals surface area (Å²) in [6.07, 6.45) is -2.67. The fourth-order valence-corrected chi connectivity index (χ4v) is 8.77. The zero-order valence-corrected chi connectivity index (χ0v) is 29.4. The summed E-state index contributed by atoms with van der Waals surface area (Å²) in [7, 11) is -24.2. The number of anilines is 2. The number of phosphoric ester groups is 2. The standard InChI is InChI=1S/C20H24N10O19P4/c21-17-15-19(25-7-23-17)29(9-27-15)13(3-33)45-11(1-31)5-43-50(35,36)47-52(39,40)49-53(41,42)48-51(37,38)44-6-12(2-32)46-14(4-34)30-10-28-16-18(22)24-8-26-20(16)30/h1-4,7-14H,5-6H2,(H,35,36)(H,37,38)(H,39,40)(H,41,42)(H2,21,23,25)(H2,22,24,26)/t11-,12-,13-,14+/m0/s1. The fraction of sp³-hybridized carbons (Fsp3) is 0.300. The van der Waals surface area contributed by atoms with Gasteiger partial charge in [-0.15, -0.1) is 0 Å². The van der Waals surface area contributed by atoms with Gasteiger partial charge in [-0.3, -0.25) is 27.8 Å². The van der Waals surface area contributed by atoms with Gasteiger partial charge in [0.2, 0.25) is 0 Å². The van der Waals surface area contributed by atoms with Crippen LogP contribution in [-0.2, 0) is 68.9 Å². The number of fused-ring (bicyclic) bond motifs is 2. The molecule has 0 bridgehead atoms. The highest BCUT2D eigenvalue weighted by molar-refractivity contribution is 7.69. The minimum Gasteiger partial charge on any atom is -0.382 e. The van der Waals surface area contributed by atoms with Crippen LogP contribution in [0.15, 0.2) is 25.3 Å². The number of nitrogens with zero attached hydrogens (tertiary/aromatic N) is 8. The second-order valence-corrected chi connectivity index (χ2v) is 15.8. The van der Waals surface area contributed by atoms with Gasteiger partial charge >= 0.3 is 31.3 Å². The average molecular weight is 832 g/mol. The SMILES string of the molecule is Nc1ncnc2c1ncn2[C@H](C=O)O[C@@H](C=O)COP(=O)(O)OP(=O)(O)OP(=O)(O)OP(=O)(O)OC[C@H](C=O)O[C@H](C=O)n1cnc2c(N)ncnc21. The van der Waals surface area contributed by atoms with E-state index in [1.54, 1.807) is 0 Å². The third kappa shape index (κ3) is 11.0. The molecule has 0 saturated heterocycles. The predicted molar refractivity (Wildman–Crippen MR) is 166 cm³/mol. The number of carbonyl (C=O) groups excluding carboxylic acids is 4. The van der Waals surface area contributed by atoms with Crippen LogP contribution >= 0.6 is 31.3 Å². The van der Waals surface area contributed by atoms with Crippen molar-refractivity contribution in [2.45, 2.75) is 24.7 Å². The first-order valence-electron chi connectivity index (χ1n) is 13.6. The molecule has 4 aromatic heterocycles. The van der Waals surface area contributed by atoms with E-state index in [4.69, 9.17) is 20.9 Å². The van der Waals surface area contributed by atoms with Crippen LogP contribution in [0.5, 0.6) is 0 Å². The third-order valence-corrected chi connectivity index (χ3v) is 11.8. The van der Waals surface area contributed by atoms with Gasteiger partial charge in [-0.1, -0.05) is 0 Å². The molecule has 4 heterocycles. The molecule has 8 atom stereocenters. The molecule has 8 N–H and O–H groups in total. The molecule has 4 rings (SSSR count). The largest absolute Gasteiger partial charge is 0.490 e. The fourth-order valence-electron chi connectivity index (χ4n) is 3.82. The van der Waals surface area contributed by atoms with Crippen molar-refractivity contribution in [2.24, 2.45) is 0 Å². The van der Waals surface area contributed by atoms with Crippen molar-refractivity contribution in [1.29, 1.82) is 0 Å². The minimum absolute atomic E-state index is 0.0201. The number of nitrogen functional groups attached to an aromatic ring is 2. The van der Waals surface area contributed by atoms with Crippen LogP contribution in [0, 0.1) is 0 Å². The maximum absolute atomic E-state index is 12.3. The molecule has 0 amide bonds. The summed E-state index contributed by atoms with van der Waals surface area (Å²) in [5.41, 5.74) is 11.4. The molecule has 0 aliphatic heterocycles. The van der Waals surface area contributed by atoms with E-state index < -0.39 is 69.2 Å². The lowest BCUT2D eigenvalue weighted by Crippen LogP contribution is -2.27. The maximum atomic E-state index is 12.3. The van der Waals surface area contributed by atoms with E-state index >= 15 is 0 Å². The lowest BCUT2D eigenvalue weighted by molar-refractivity contribution is -0.140. The summed E-state index contributed by atoms with van der Waals surface area (Å²) in [5, 5.41) is 0. The van der Waals surface area contributed by atoms with Gasteiger partial charge in [0.1, 0.15) is 35.9 Å². The first-order chi connectivity index (χ1) is 24.8. The second kappa shape index (κ2) is 16.9. The molecule has 0 saturated carbocycles. The van der Waals surface area contributed by atoms with Crippen LogP contribution in [-0.4, -0.2) is 109 Å². The van der Waals surface area contributed by atoms with E-state index in [0.717, 1.165) is 34.4 Å². The molecule has 0 aromatic carbocycles. The van der Waals surface area contributed by atoms with E-state index in [1.807, 2.05) is 0 Å². The number of aldehydes is 4. The first kappa shape index (κ1) is 41.6.